The van der Waals surface area contributed by atoms with E-state index in [-0.39, 0.29) is 11.5 Å². The molecule has 0 aromatic heterocycles. The van der Waals surface area contributed by atoms with Gasteiger partial charge in [-0.25, -0.2) is 0 Å². The highest BCUT2D eigenvalue weighted by Crippen LogP contribution is 2.59. The summed E-state index contributed by atoms with van der Waals surface area (Å²) in [6.07, 6.45) is 6.01. The van der Waals surface area contributed by atoms with E-state index in [2.05, 4.69) is 16.0 Å². The Bertz CT molecular complexity index is 794. The maximum atomic E-state index is 12.5. The van der Waals surface area contributed by atoms with Crippen molar-refractivity contribution < 1.29 is 19.1 Å². The fourth-order valence-electron chi connectivity index (χ4n) is 6.04. The average molecular weight is 399 g/mol. The van der Waals surface area contributed by atoms with Crippen LogP contribution < -0.4 is 16.0 Å². The molecule has 0 atom stereocenters. The van der Waals surface area contributed by atoms with Crippen molar-refractivity contribution in [2.45, 2.75) is 44.6 Å². The molecule has 7 heteroatoms. The molecule has 4 bridgehead atoms. The second-order valence-electron chi connectivity index (χ2n) is 8.86. The second-order valence-corrected chi connectivity index (χ2v) is 8.86. The topological polar surface area (TPSA) is 96.5 Å². The van der Waals surface area contributed by atoms with Crippen LogP contribution in [0.5, 0.6) is 0 Å². The summed E-state index contributed by atoms with van der Waals surface area (Å²) in [5.74, 6) is 0.932. The summed E-state index contributed by atoms with van der Waals surface area (Å²) < 4.78 is 6.03. The molecule has 0 heterocycles. The molecule has 7 nitrogen and oxygen atoms in total. The Labute approximate surface area is 171 Å². The first-order valence-electron chi connectivity index (χ1n) is 10.4. The molecule has 156 valence electrons. The van der Waals surface area contributed by atoms with E-state index in [0.29, 0.717) is 29.8 Å². The van der Waals surface area contributed by atoms with Gasteiger partial charge in [0.05, 0.1) is 5.60 Å². The molecule has 3 amide bonds. The molecular formula is C22H29N3O4. The zero-order chi connectivity index (χ0) is 20.6. The molecule has 0 spiro atoms. The largest absolute Gasteiger partial charge is 0.376 e. The van der Waals surface area contributed by atoms with E-state index in [0.717, 1.165) is 11.8 Å². The number of rotatable bonds is 5. The standard InChI is InChI=1S/C22H29N3O4/c1-13(26)24-18-4-3-5-19(11-18)25-21(28)20(27)23-12-22(29-2)16-7-14-6-15(9-16)10-17(22)8-14/h3-5,11,14-17H,6-10,12H2,1-2H3,(H,23,27)(H,24,26)(H,25,28). The molecule has 0 saturated heterocycles. The first kappa shape index (κ1) is 19.9. The number of carbonyl (C=O) groups excluding carboxylic acids is 3. The van der Waals surface area contributed by atoms with Crippen LogP contribution in [0.3, 0.4) is 0 Å². The Hall–Kier alpha value is -2.41. The van der Waals surface area contributed by atoms with Crippen molar-refractivity contribution in [1.82, 2.24) is 5.32 Å². The van der Waals surface area contributed by atoms with Crippen LogP contribution in [0.15, 0.2) is 24.3 Å². The molecule has 0 radical (unpaired) electrons. The van der Waals surface area contributed by atoms with Gasteiger partial charge in [-0.3, -0.25) is 14.4 Å². The third-order valence-corrected chi connectivity index (χ3v) is 7.07. The smallest absolute Gasteiger partial charge is 0.313 e. The van der Waals surface area contributed by atoms with E-state index in [1.807, 2.05) is 0 Å². The Balaban J connectivity index is 1.37. The van der Waals surface area contributed by atoms with Crippen molar-refractivity contribution in [3.05, 3.63) is 24.3 Å². The third-order valence-electron chi connectivity index (χ3n) is 7.07. The summed E-state index contributed by atoms with van der Waals surface area (Å²) in [5, 5.41) is 8.07. The van der Waals surface area contributed by atoms with Crippen molar-refractivity contribution in [2.24, 2.45) is 23.7 Å². The highest BCUT2D eigenvalue weighted by molar-refractivity contribution is 6.39. The van der Waals surface area contributed by atoms with Crippen LogP contribution in [0.4, 0.5) is 11.4 Å². The lowest BCUT2D eigenvalue weighted by molar-refractivity contribution is -0.188. The molecule has 5 rings (SSSR count). The predicted octanol–water partition coefficient (Wildman–Crippen LogP) is 2.54. The molecule has 3 N–H and O–H groups in total. The molecular weight excluding hydrogens is 370 g/mol. The molecule has 4 aliphatic rings. The molecule has 1 aromatic carbocycles. The zero-order valence-electron chi connectivity index (χ0n) is 17.0. The van der Waals surface area contributed by atoms with E-state index in [1.54, 1.807) is 31.4 Å². The van der Waals surface area contributed by atoms with Gasteiger partial charge in [-0.05, 0) is 74.0 Å². The SMILES string of the molecule is COC1(CNC(=O)C(=O)Nc2cccc(NC(C)=O)c2)C2CC3CC(C2)CC1C3. The van der Waals surface area contributed by atoms with Crippen LogP contribution in [0.2, 0.25) is 0 Å². The van der Waals surface area contributed by atoms with E-state index in [4.69, 9.17) is 4.74 Å². The van der Waals surface area contributed by atoms with Crippen LogP contribution >= 0.6 is 0 Å². The second kappa shape index (κ2) is 7.78. The summed E-state index contributed by atoms with van der Waals surface area (Å²) in [7, 11) is 1.74. The Kier molecular flexibility index (Phi) is 5.34. The van der Waals surface area contributed by atoms with Crippen LogP contribution in [-0.2, 0) is 19.1 Å². The van der Waals surface area contributed by atoms with Crippen LogP contribution in [0.25, 0.3) is 0 Å². The number of amides is 3. The molecule has 0 aliphatic heterocycles. The van der Waals surface area contributed by atoms with Gasteiger partial charge in [0.15, 0.2) is 0 Å². The fraction of sp³-hybridized carbons (Fsp3) is 0.591. The fourth-order valence-corrected chi connectivity index (χ4v) is 6.04. The Morgan fingerprint density at radius 2 is 1.55 bits per heavy atom. The quantitative estimate of drug-likeness (QED) is 0.663. The zero-order valence-corrected chi connectivity index (χ0v) is 17.0. The lowest BCUT2D eigenvalue weighted by Gasteiger charge is -2.60. The predicted molar refractivity (Wildman–Crippen MR) is 109 cm³/mol. The van der Waals surface area contributed by atoms with Gasteiger partial charge in [-0.15, -0.1) is 0 Å². The van der Waals surface area contributed by atoms with Gasteiger partial charge in [0, 0.05) is 32.0 Å². The Morgan fingerprint density at radius 1 is 0.966 bits per heavy atom. The number of carbonyl (C=O) groups is 3. The Morgan fingerprint density at radius 3 is 2.10 bits per heavy atom. The van der Waals surface area contributed by atoms with Crippen molar-refractivity contribution in [3.63, 3.8) is 0 Å². The third kappa shape index (κ3) is 3.88. The van der Waals surface area contributed by atoms with Gasteiger partial charge in [0.1, 0.15) is 0 Å². The van der Waals surface area contributed by atoms with Gasteiger partial charge < -0.3 is 20.7 Å². The van der Waals surface area contributed by atoms with Gasteiger partial charge in [0.25, 0.3) is 0 Å². The van der Waals surface area contributed by atoms with Crippen molar-refractivity contribution >= 4 is 29.1 Å². The number of hydrogen-bond donors (Lipinski definition) is 3. The number of nitrogens with one attached hydrogen (secondary N) is 3. The maximum absolute atomic E-state index is 12.5. The summed E-state index contributed by atoms with van der Waals surface area (Å²) in [6.45, 7) is 1.78. The average Bonchev–Trinajstić information content (AvgIpc) is 2.67. The molecule has 4 fully saturated rings. The molecule has 4 saturated carbocycles. The van der Waals surface area contributed by atoms with E-state index in [9.17, 15) is 14.4 Å². The monoisotopic (exact) mass is 399 g/mol. The minimum atomic E-state index is -0.722. The minimum Gasteiger partial charge on any atom is -0.376 e. The van der Waals surface area contributed by atoms with Crippen LogP contribution in [0.1, 0.15) is 39.0 Å². The van der Waals surface area contributed by atoms with E-state index >= 15 is 0 Å². The number of hydrogen-bond acceptors (Lipinski definition) is 4. The summed E-state index contributed by atoms with van der Waals surface area (Å²) in [4.78, 5) is 36.0. The van der Waals surface area contributed by atoms with Gasteiger partial charge in [-0.1, -0.05) is 6.07 Å². The first-order valence-corrected chi connectivity index (χ1v) is 10.4. The first-order chi connectivity index (χ1) is 13.9. The maximum Gasteiger partial charge on any atom is 0.313 e. The van der Waals surface area contributed by atoms with Gasteiger partial charge >= 0.3 is 11.8 Å². The highest BCUT2D eigenvalue weighted by Gasteiger charge is 2.57. The lowest BCUT2D eigenvalue weighted by atomic mass is 9.49. The van der Waals surface area contributed by atoms with Crippen molar-refractivity contribution in [3.8, 4) is 0 Å². The van der Waals surface area contributed by atoms with E-state index in [1.165, 1.54) is 39.0 Å². The van der Waals surface area contributed by atoms with Crippen molar-refractivity contribution in [2.75, 3.05) is 24.3 Å². The number of ether oxygens (including phenoxy) is 1. The van der Waals surface area contributed by atoms with E-state index < -0.39 is 11.8 Å². The van der Waals surface area contributed by atoms with Crippen LogP contribution in [0, 0.1) is 23.7 Å². The summed E-state index contributed by atoms with van der Waals surface area (Å²) in [6, 6.07) is 6.70. The summed E-state index contributed by atoms with van der Waals surface area (Å²) in [5.41, 5.74) is 0.657. The number of benzene rings is 1. The van der Waals surface area contributed by atoms with Gasteiger partial charge in [-0.2, -0.15) is 0 Å². The number of anilines is 2. The number of methoxy groups -OCH3 is 1. The van der Waals surface area contributed by atoms with Crippen LogP contribution in [-0.4, -0.2) is 37.0 Å². The van der Waals surface area contributed by atoms with Gasteiger partial charge in [0.2, 0.25) is 5.91 Å². The molecule has 1 aromatic rings. The molecule has 0 unspecified atom stereocenters. The summed E-state index contributed by atoms with van der Waals surface area (Å²) >= 11 is 0. The highest BCUT2D eigenvalue weighted by atomic mass is 16.5. The van der Waals surface area contributed by atoms with Crippen molar-refractivity contribution in [1.29, 1.82) is 0 Å². The lowest BCUT2D eigenvalue weighted by Crippen LogP contribution is -2.63. The normalized spacial score (nSPS) is 31.9. The minimum absolute atomic E-state index is 0.202. The molecule has 4 aliphatic carbocycles. The molecule has 29 heavy (non-hydrogen) atoms.